The van der Waals surface area contributed by atoms with Crippen LogP contribution >= 0.6 is 0 Å². The van der Waals surface area contributed by atoms with Crippen LogP contribution < -0.4 is 26.2 Å². The number of nitrogens with zero attached hydrogens (tertiary/aromatic N) is 4. The first kappa shape index (κ1) is 95.8. The van der Waals surface area contributed by atoms with E-state index in [1.807, 2.05) is 0 Å². The maximum Gasteiger partial charge on any atom is 0.252 e. The lowest BCUT2D eigenvalue weighted by atomic mass is 9.33. The molecular formula is C130H155BN4. The van der Waals surface area contributed by atoms with E-state index in [1.165, 1.54) is 188 Å². The Bertz CT molecular complexity index is 6630. The molecule has 13 aromatic carbocycles. The smallest absolute Gasteiger partial charge is 0.252 e. The monoisotopic (exact) mass is 1780 g/mol. The summed E-state index contributed by atoms with van der Waals surface area (Å²) in [5, 5.41) is 5.06. The second-order valence-electron chi connectivity index (χ2n) is 54.0. The molecule has 5 heteroatoms. The number of rotatable bonds is 8. The Morgan fingerprint density at radius 1 is 0.170 bits per heavy atom. The maximum absolute atomic E-state index is 2.85. The molecule has 0 fully saturated rings. The minimum Gasteiger partial charge on any atom is -0.310 e. The van der Waals surface area contributed by atoms with Gasteiger partial charge in [0, 0.05) is 77.9 Å². The van der Waals surface area contributed by atoms with Gasteiger partial charge in [-0.25, -0.2) is 0 Å². The number of fused-ring (bicyclic) bond motifs is 10. The molecule has 0 saturated heterocycles. The van der Waals surface area contributed by atoms with Gasteiger partial charge in [-0.2, -0.15) is 0 Å². The van der Waals surface area contributed by atoms with Gasteiger partial charge in [0.25, 0.3) is 6.71 Å². The zero-order valence-electron chi connectivity index (χ0n) is 89.8. The molecule has 0 unspecified atom stereocenters. The van der Waals surface area contributed by atoms with Gasteiger partial charge in [-0.3, -0.25) is 0 Å². The Morgan fingerprint density at radius 3 is 0.622 bits per heavy atom. The molecule has 0 N–H and O–H groups in total. The van der Waals surface area contributed by atoms with Gasteiger partial charge < -0.3 is 18.9 Å². The van der Waals surface area contributed by atoms with Crippen molar-refractivity contribution in [1.29, 1.82) is 0 Å². The van der Waals surface area contributed by atoms with E-state index in [-0.39, 0.29) is 71.7 Å². The van der Waals surface area contributed by atoms with Gasteiger partial charge in [0.15, 0.2) is 0 Å². The van der Waals surface area contributed by atoms with Crippen molar-refractivity contribution < 1.29 is 0 Å². The molecule has 0 radical (unpaired) electrons. The number of hydrogen-bond donors (Lipinski definition) is 0. The minimum absolute atomic E-state index is 0.0913. The molecule has 2 aliphatic rings. The molecule has 2 aromatic heterocycles. The van der Waals surface area contributed by atoms with Crippen LogP contribution in [0.5, 0.6) is 0 Å². The van der Waals surface area contributed by atoms with Crippen molar-refractivity contribution in [3.8, 4) is 55.9 Å². The van der Waals surface area contributed by atoms with Crippen molar-refractivity contribution in [3.05, 3.63) is 303 Å². The zero-order valence-corrected chi connectivity index (χ0v) is 89.8. The first-order valence-electron chi connectivity index (χ1n) is 50.3. The molecular weight excluding hydrogens is 1630 g/mol. The Balaban J connectivity index is 1.13. The van der Waals surface area contributed by atoms with Crippen LogP contribution in [0.15, 0.2) is 231 Å². The fourth-order valence-electron chi connectivity index (χ4n) is 20.7. The van der Waals surface area contributed by atoms with Crippen LogP contribution in [0.2, 0.25) is 0 Å². The normalized spacial score (nSPS) is 14.1. The molecule has 135 heavy (non-hydrogen) atoms. The van der Waals surface area contributed by atoms with E-state index in [2.05, 4.69) is 519 Å². The number of anilines is 6. The molecule has 2 aliphatic heterocycles. The Morgan fingerprint density at radius 2 is 0.385 bits per heavy atom. The summed E-state index contributed by atoms with van der Waals surface area (Å²) in [4.78, 5) is 5.71. The molecule has 0 saturated carbocycles. The minimum atomic E-state index is -0.412. The summed E-state index contributed by atoms with van der Waals surface area (Å²) < 4.78 is 5.24. The summed E-state index contributed by atoms with van der Waals surface area (Å²) in [6.07, 6.45) is 0. The van der Waals surface area contributed by atoms with Gasteiger partial charge in [0.05, 0.1) is 33.4 Å². The van der Waals surface area contributed by atoms with E-state index in [0.717, 1.165) is 34.1 Å². The third-order valence-corrected chi connectivity index (χ3v) is 29.9. The van der Waals surface area contributed by atoms with Crippen LogP contribution in [-0.4, -0.2) is 15.8 Å². The summed E-state index contributed by atoms with van der Waals surface area (Å²) in [5.74, 6) is 0. The lowest BCUT2D eigenvalue weighted by molar-refractivity contribution is 0.568. The van der Waals surface area contributed by atoms with Crippen LogP contribution in [0.25, 0.3) is 99.5 Å². The number of benzene rings is 13. The highest BCUT2D eigenvalue weighted by Crippen LogP contribution is 2.58. The van der Waals surface area contributed by atoms with Crippen LogP contribution in [0.3, 0.4) is 0 Å². The molecule has 0 spiro atoms. The zero-order chi connectivity index (χ0) is 98.4. The van der Waals surface area contributed by atoms with Crippen molar-refractivity contribution >= 4 is 101 Å². The Kier molecular flexibility index (Phi) is 22.6. The van der Waals surface area contributed by atoms with Crippen molar-refractivity contribution in [3.63, 3.8) is 0 Å². The summed E-state index contributed by atoms with van der Waals surface area (Å²) >= 11 is 0. The second-order valence-corrected chi connectivity index (χ2v) is 54.0. The highest BCUT2D eigenvalue weighted by molar-refractivity contribution is 7.00. The van der Waals surface area contributed by atoms with Gasteiger partial charge >= 0.3 is 0 Å². The molecule has 15 aromatic rings. The lowest BCUT2D eigenvalue weighted by Gasteiger charge is -2.47. The van der Waals surface area contributed by atoms with Crippen molar-refractivity contribution in [2.24, 2.45) is 0 Å². The molecule has 4 heterocycles. The predicted octanol–water partition coefficient (Wildman–Crippen LogP) is 35.5. The third kappa shape index (κ3) is 17.5. The van der Waals surface area contributed by atoms with Gasteiger partial charge in [-0.05, 0) is 291 Å². The van der Waals surface area contributed by atoms with Gasteiger partial charge in [-0.15, -0.1) is 0 Å². The molecule has 0 atom stereocenters. The molecule has 17 rings (SSSR count). The fourth-order valence-corrected chi connectivity index (χ4v) is 20.7. The van der Waals surface area contributed by atoms with Crippen LogP contribution in [-0.2, 0) is 70.4 Å². The van der Waals surface area contributed by atoms with E-state index in [1.54, 1.807) is 0 Å². The predicted molar refractivity (Wildman–Crippen MR) is 594 cm³/mol. The van der Waals surface area contributed by atoms with Crippen molar-refractivity contribution in [2.45, 2.75) is 340 Å². The average Bonchev–Trinajstić information content (AvgIpc) is 1.01. The molecule has 0 aliphatic carbocycles. The SMILES string of the molecule is CC(C)(C)c1ccc(-c2cc(C(C)(C)C)cc(-c3cc(C(C)(C)C)cc(C(C)(C)C)c3)c2N2c3cc(-n4c5ccc(C(C)(C)C)cc5c5cc(C(C)(C)C)ccc54)ccc3B3c4ccc(-n5c6ccc(C(C)(C)C)cc6c6cc(C(C)(C)C)ccc65)cc4N(c4c(-c5ccc(C(C)(C)C)cc5)cc(C(C)(C)C)cc4-c4cc(C(C)(C)C)cc(C(C)(C)C)c4)c4cc(C(C)(C)C)cc2c43)cc1. The van der Waals surface area contributed by atoms with Crippen molar-refractivity contribution in [2.75, 3.05) is 9.80 Å². The highest BCUT2D eigenvalue weighted by Gasteiger charge is 2.48. The molecule has 0 amide bonds. The number of hydrogen-bond acceptors (Lipinski definition) is 2. The maximum atomic E-state index is 2.85. The van der Waals surface area contributed by atoms with E-state index >= 15 is 0 Å². The van der Waals surface area contributed by atoms with E-state index in [4.69, 9.17) is 0 Å². The largest absolute Gasteiger partial charge is 0.310 e. The van der Waals surface area contributed by atoms with Crippen molar-refractivity contribution in [1.82, 2.24) is 9.13 Å². The van der Waals surface area contributed by atoms with Crippen LogP contribution in [0.1, 0.15) is 342 Å². The first-order valence-corrected chi connectivity index (χ1v) is 50.3. The molecule has 698 valence electrons. The van der Waals surface area contributed by atoms with Crippen LogP contribution in [0.4, 0.5) is 34.1 Å². The molecule has 4 nitrogen and oxygen atoms in total. The van der Waals surface area contributed by atoms with E-state index in [9.17, 15) is 0 Å². The van der Waals surface area contributed by atoms with Gasteiger partial charge in [0.1, 0.15) is 0 Å². The Labute approximate surface area is 813 Å². The third-order valence-electron chi connectivity index (χ3n) is 29.9. The summed E-state index contributed by atoms with van der Waals surface area (Å²) in [7, 11) is 0. The standard InChI is InChI=1S/C130H155BN4/c1-118(2,3)82-44-40-78(41-45-82)97-70-92(128(31,32)33)72-99(80-60-88(124(19,20)21)64-89(61-80)125(22,23)24)116(97)134-111-76-95(132-107-56-48-84(120(7,8)9)66-101(107)102-67-85(121(10,11)12)49-57-108(102)132)52-54-105(111)131-106-55-53-96(133-109-58-50-86(122(13,14)15)68-103(109)104-69-87(123(16,17)18)51-59-110(104)133)77-112(106)135(114-75-94(130(37,38)39)74-113(134)115(114)131)117-98(79-42-46-83(47-43-79)119(4,5)6)71-93(129(34,35)36)73-100(117)81-62-90(126(25,26)27)65-91(63-81)127(28,29)30/h40-77H,1-39H3. The highest BCUT2D eigenvalue weighted by atomic mass is 15.2. The summed E-state index contributed by atoms with van der Waals surface area (Å²) in [6, 6.07) is 95.6. The van der Waals surface area contributed by atoms with Crippen LogP contribution in [0, 0.1) is 0 Å². The van der Waals surface area contributed by atoms with E-state index in [0.29, 0.717) is 0 Å². The average molecular weight is 1780 g/mol. The number of aromatic nitrogens is 2. The fraction of sp³-hybridized carbons (Fsp3) is 0.400. The topological polar surface area (TPSA) is 16.3 Å². The lowest BCUT2D eigenvalue weighted by Crippen LogP contribution is -2.61. The van der Waals surface area contributed by atoms with E-state index < -0.39 is 5.41 Å². The Hall–Kier alpha value is -10.9. The summed E-state index contributed by atoms with van der Waals surface area (Å²) in [6.45, 7) is 92.9. The van der Waals surface area contributed by atoms with Gasteiger partial charge in [0.2, 0.25) is 0 Å². The quantitative estimate of drug-likeness (QED) is 0.141. The van der Waals surface area contributed by atoms with Gasteiger partial charge in [-0.1, -0.05) is 391 Å². The second kappa shape index (κ2) is 31.8. The molecule has 0 bridgehead atoms. The summed E-state index contributed by atoms with van der Waals surface area (Å²) in [5.41, 5.74) is 41.8. The first-order chi connectivity index (χ1) is 62.1.